The lowest BCUT2D eigenvalue weighted by molar-refractivity contribution is 1.06. The number of aromatic nitrogens is 2. The zero-order chi connectivity index (χ0) is 12.4. The largest absolute Gasteiger partial charge is 0.283 e. The normalized spacial score (nSPS) is 10.5. The van der Waals surface area contributed by atoms with Crippen LogP contribution in [0.15, 0.2) is 66.9 Å². The predicted molar refractivity (Wildman–Crippen MR) is 74.0 cm³/mol. The molecule has 3 aromatic rings. The highest BCUT2D eigenvalue weighted by Gasteiger charge is 2.11. The SMILES string of the molecule is Clc1ncc(-c2ccccc2)n1-c1ccccc1. The zero-order valence-electron chi connectivity index (χ0n) is 9.62. The lowest BCUT2D eigenvalue weighted by atomic mass is 10.1. The van der Waals surface area contributed by atoms with Gasteiger partial charge in [-0.2, -0.15) is 0 Å². The first-order valence-electron chi connectivity index (χ1n) is 5.70. The summed E-state index contributed by atoms with van der Waals surface area (Å²) in [6, 6.07) is 20.1. The maximum absolute atomic E-state index is 6.18. The van der Waals surface area contributed by atoms with Crippen LogP contribution in [0.5, 0.6) is 0 Å². The van der Waals surface area contributed by atoms with E-state index in [-0.39, 0.29) is 0 Å². The van der Waals surface area contributed by atoms with Crippen LogP contribution in [0.1, 0.15) is 0 Å². The van der Waals surface area contributed by atoms with Crippen LogP contribution >= 0.6 is 11.6 Å². The molecular formula is C15H11ClN2. The predicted octanol–water partition coefficient (Wildman–Crippen LogP) is 4.19. The van der Waals surface area contributed by atoms with Crippen LogP contribution in [0.2, 0.25) is 5.28 Å². The van der Waals surface area contributed by atoms with Crippen LogP contribution in [0.25, 0.3) is 16.9 Å². The van der Waals surface area contributed by atoms with Crippen molar-refractivity contribution in [2.24, 2.45) is 0 Å². The third kappa shape index (κ3) is 1.91. The molecule has 0 aliphatic heterocycles. The molecule has 0 atom stereocenters. The fourth-order valence-electron chi connectivity index (χ4n) is 1.96. The number of halogens is 1. The fraction of sp³-hybridized carbons (Fsp3) is 0. The molecule has 18 heavy (non-hydrogen) atoms. The van der Waals surface area contributed by atoms with Gasteiger partial charge < -0.3 is 0 Å². The summed E-state index contributed by atoms with van der Waals surface area (Å²) in [5, 5.41) is 0.472. The van der Waals surface area contributed by atoms with E-state index in [1.54, 1.807) is 6.20 Å². The van der Waals surface area contributed by atoms with Gasteiger partial charge in [-0.25, -0.2) is 4.98 Å². The van der Waals surface area contributed by atoms with Gasteiger partial charge in [-0.1, -0.05) is 48.5 Å². The van der Waals surface area contributed by atoms with E-state index in [1.165, 1.54) is 0 Å². The van der Waals surface area contributed by atoms with Crippen molar-refractivity contribution >= 4 is 11.6 Å². The molecule has 0 aliphatic rings. The number of rotatable bonds is 2. The van der Waals surface area contributed by atoms with Gasteiger partial charge in [-0.3, -0.25) is 4.57 Å². The van der Waals surface area contributed by atoms with Crippen LogP contribution in [0.4, 0.5) is 0 Å². The minimum Gasteiger partial charge on any atom is -0.283 e. The first kappa shape index (κ1) is 11.1. The first-order chi connectivity index (χ1) is 8.86. The molecule has 2 aromatic carbocycles. The molecule has 3 rings (SSSR count). The minimum absolute atomic E-state index is 0.472. The van der Waals surface area contributed by atoms with Gasteiger partial charge in [0.05, 0.1) is 11.9 Å². The molecule has 88 valence electrons. The van der Waals surface area contributed by atoms with Crippen LogP contribution in [0, 0.1) is 0 Å². The van der Waals surface area contributed by atoms with Crippen LogP contribution < -0.4 is 0 Å². The molecule has 0 amide bonds. The Kier molecular flexibility index (Phi) is 2.87. The Balaban J connectivity index is 2.19. The molecule has 0 bridgehead atoms. The summed E-state index contributed by atoms with van der Waals surface area (Å²) in [5.41, 5.74) is 3.10. The van der Waals surface area contributed by atoms with Crippen molar-refractivity contribution in [3.8, 4) is 16.9 Å². The molecule has 3 heteroatoms. The summed E-state index contributed by atoms with van der Waals surface area (Å²) >= 11 is 6.18. The van der Waals surface area contributed by atoms with Crippen molar-refractivity contribution < 1.29 is 0 Å². The minimum atomic E-state index is 0.472. The second-order valence-electron chi connectivity index (χ2n) is 3.95. The number of hydrogen-bond donors (Lipinski definition) is 0. The Morgan fingerprint density at radius 3 is 2.11 bits per heavy atom. The van der Waals surface area contributed by atoms with E-state index in [1.807, 2.05) is 65.2 Å². The Morgan fingerprint density at radius 1 is 0.833 bits per heavy atom. The fourth-order valence-corrected chi connectivity index (χ4v) is 2.20. The first-order valence-corrected chi connectivity index (χ1v) is 6.08. The number of benzene rings is 2. The van der Waals surface area contributed by atoms with Crippen molar-refractivity contribution in [2.75, 3.05) is 0 Å². The standard InChI is InChI=1S/C15H11ClN2/c16-15-17-11-14(12-7-3-1-4-8-12)18(15)13-9-5-2-6-10-13/h1-11H. The Morgan fingerprint density at radius 2 is 1.44 bits per heavy atom. The maximum Gasteiger partial charge on any atom is 0.207 e. The summed E-state index contributed by atoms with van der Waals surface area (Å²) in [6.07, 6.45) is 1.80. The molecule has 0 saturated heterocycles. The van der Waals surface area contributed by atoms with Crippen LogP contribution in [0.3, 0.4) is 0 Å². The maximum atomic E-state index is 6.18. The number of nitrogens with zero attached hydrogens (tertiary/aromatic N) is 2. The van der Waals surface area contributed by atoms with Gasteiger partial charge in [0.1, 0.15) is 0 Å². The topological polar surface area (TPSA) is 17.8 Å². The highest BCUT2D eigenvalue weighted by Crippen LogP contribution is 2.26. The van der Waals surface area contributed by atoms with E-state index in [0.29, 0.717) is 5.28 Å². The molecule has 0 fully saturated rings. The molecule has 0 radical (unpaired) electrons. The van der Waals surface area contributed by atoms with E-state index >= 15 is 0 Å². The summed E-state index contributed by atoms with van der Waals surface area (Å²) < 4.78 is 1.94. The summed E-state index contributed by atoms with van der Waals surface area (Å²) in [6.45, 7) is 0. The average molecular weight is 255 g/mol. The molecule has 0 unspecified atom stereocenters. The molecule has 2 nitrogen and oxygen atoms in total. The highest BCUT2D eigenvalue weighted by molar-refractivity contribution is 6.29. The molecule has 0 aliphatic carbocycles. The molecule has 0 N–H and O–H groups in total. The summed E-state index contributed by atoms with van der Waals surface area (Å²) in [4.78, 5) is 4.20. The van der Waals surface area contributed by atoms with Crippen LogP contribution in [-0.4, -0.2) is 9.55 Å². The van der Waals surface area contributed by atoms with Gasteiger partial charge in [0.2, 0.25) is 5.28 Å². The molecule has 0 saturated carbocycles. The molecular weight excluding hydrogens is 244 g/mol. The summed E-state index contributed by atoms with van der Waals surface area (Å²) in [7, 11) is 0. The molecule has 1 heterocycles. The smallest absolute Gasteiger partial charge is 0.207 e. The number of imidazole rings is 1. The zero-order valence-corrected chi connectivity index (χ0v) is 10.4. The van der Waals surface area contributed by atoms with Gasteiger partial charge in [-0.15, -0.1) is 0 Å². The van der Waals surface area contributed by atoms with Gasteiger partial charge in [0, 0.05) is 11.3 Å². The van der Waals surface area contributed by atoms with Crippen LogP contribution in [-0.2, 0) is 0 Å². The third-order valence-corrected chi connectivity index (χ3v) is 3.07. The van der Waals surface area contributed by atoms with E-state index in [0.717, 1.165) is 16.9 Å². The van der Waals surface area contributed by atoms with E-state index < -0.39 is 0 Å². The van der Waals surface area contributed by atoms with Gasteiger partial charge in [0.15, 0.2) is 0 Å². The van der Waals surface area contributed by atoms with Gasteiger partial charge in [0.25, 0.3) is 0 Å². The van der Waals surface area contributed by atoms with Crippen molar-refractivity contribution in [2.45, 2.75) is 0 Å². The molecule has 0 spiro atoms. The molecule has 1 aromatic heterocycles. The monoisotopic (exact) mass is 254 g/mol. The Hall–Kier alpha value is -2.06. The lowest BCUT2D eigenvalue weighted by Gasteiger charge is -2.09. The number of hydrogen-bond acceptors (Lipinski definition) is 1. The van der Waals surface area contributed by atoms with E-state index in [2.05, 4.69) is 4.98 Å². The quantitative estimate of drug-likeness (QED) is 0.670. The van der Waals surface area contributed by atoms with Gasteiger partial charge >= 0.3 is 0 Å². The van der Waals surface area contributed by atoms with Crippen molar-refractivity contribution in [1.82, 2.24) is 9.55 Å². The Labute approximate surface area is 110 Å². The highest BCUT2D eigenvalue weighted by atomic mass is 35.5. The average Bonchev–Trinajstić information content (AvgIpc) is 2.83. The van der Waals surface area contributed by atoms with Crippen molar-refractivity contribution in [3.63, 3.8) is 0 Å². The van der Waals surface area contributed by atoms with Crippen molar-refractivity contribution in [1.29, 1.82) is 0 Å². The number of para-hydroxylation sites is 1. The lowest BCUT2D eigenvalue weighted by Crippen LogP contribution is -1.96. The van der Waals surface area contributed by atoms with Gasteiger partial charge in [-0.05, 0) is 23.7 Å². The van der Waals surface area contributed by atoms with E-state index in [9.17, 15) is 0 Å². The van der Waals surface area contributed by atoms with Crippen molar-refractivity contribution in [3.05, 3.63) is 72.1 Å². The van der Waals surface area contributed by atoms with E-state index in [4.69, 9.17) is 11.6 Å². The third-order valence-electron chi connectivity index (χ3n) is 2.80. The summed E-state index contributed by atoms with van der Waals surface area (Å²) in [5.74, 6) is 0. The second kappa shape index (κ2) is 4.67. The second-order valence-corrected chi connectivity index (χ2v) is 4.29. The Bertz CT molecular complexity index is 645.